The molecule has 0 spiro atoms. The molecule has 0 aliphatic carbocycles. The lowest BCUT2D eigenvalue weighted by Gasteiger charge is -2.28. The first-order valence-corrected chi connectivity index (χ1v) is 6.00. The van der Waals surface area contributed by atoms with Crippen LogP contribution < -0.4 is 0 Å². The molecule has 1 aromatic heterocycles. The minimum absolute atomic E-state index is 0.202. The van der Waals surface area contributed by atoms with E-state index in [0.717, 1.165) is 38.1 Å². The zero-order valence-corrected chi connectivity index (χ0v) is 9.72. The van der Waals surface area contributed by atoms with E-state index in [-0.39, 0.29) is 6.10 Å². The van der Waals surface area contributed by atoms with Gasteiger partial charge in [-0.2, -0.15) is 4.98 Å². The van der Waals surface area contributed by atoms with E-state index >= 15 is 0 Å². The zero-order chi connectivity index (χ0) is 11.4. The number of aryl methyl sites for hydroxylation is 1. The maximum Gasteiger partial charge on any atom is 0.240 e. The molecule has 1 aliphatic rings. The monoisotopic (exact) mass is 225 g/mol. The normalized spacial score (nSPS) is 22.5. The average molecular weight is 225 g/mol. The number of hydrogen-bond acceptors (Lipinski definition) is 5. The second-order valence-electron chi connectivity index (χ2n) is 4.39. The van der Waals surface area contributed by atoms with Gasteiger partial charge in [-0.05, 0) is 25.8 Å². The Morgan fingerprint density at radius 1 is 1.56 bits per heavy atom. The van der Waals surface area contributed by atoms with Gasteiger partial charge in [0.2, 0.25) is 5.89 Å². The Bertz CT molecular complexity index is 327. The van der Waals surface area contributed by atoms with Crippen molar-refractivity contribution >= 4 is 0 Å². The van der Waals surface area contributed by atoms with Gasteiger partial charge in [0.25, 0.3) is 0 Å². The van der Waals surface area contributed by atoms with Crippen LogP contribution in [0.5, 0.6) is 0 Å². The molecule has 0 bridgehead atoms. The minimum atomic E-state index is -0.202. The molecule has 90 valence electrons. The van der Waals surface area contributed by atoms with Gasteiger partial charge in [0.15, 0.2) is 5.82 Å². The lowest BCUT2D eigenvalue weighted by atomic mass is 10.1. The molecule has 0 amide bonds. The number of piperidine rings is 1. The number of rotatable bonds is 4. The van der Waals surface area contributed by atoms with Crippen molar-refractivity contribution in [3.8, 4) is 0 Å². The summed E-state index contributed by atoms with van der Waals surface area (Å²) in [5.41, 5.74) is 0. The van der Waals surface area contributed by atoms with E-state index in [1.165, 1.54) is 0 Å². The van der Waals surface area contributed by atoms with Crippen LogP contribution in [0, 0.1) is 0 Å². The Balaban J connectivity index is 1.87. The predicted octanol–water partition coefficient (Wildman–Crippen LogP) is 0.979. The van der Waals surface area contributed by atoms with Gasteiger partial charge in [0, 0.05) is 13.0 Å². The van der Waals surface area contributed by atoms with Crippen molar-refractivity contribution in [2.24, 2.45) is 0 Å². The second kappa shape index (κ2) is 5.41. The second-order valence-corrected chi connectivity index (χ2v) is 4.39. The van der Waals surface area contributed by atoms with Crippen LogP contribution in [-0.2, 0) is 13.0 Å². The highest BCUT2D eigenvalue weighted by molar-refractivity contribution is 4.87. The summed E-state index contributed by atoms with van der Waals surface area (Å²) >= 11 is 0. The lowest BCUT2D eigenvalue weighted by Crippen LogP contribution is -2.37. The summed E-state index contributed by atoms with van der Waals surface area (Å²) in [5.74, 6) is 1.45. The fourth-order valence-electron chi connectivity index (χ4n) is 2.05. The van der Waals surface area contributed by atoms with E-state index in [4.69, 9.17) is 4.52 Å². The van der Waals surface area contributed by atoms with Gasteiger partial charge in [0.05, 0.1) is 12.6 Å². The van der Waals surface area contributed by atoms with Gasteiger partial charge < -0.3 is 9.63 Å². The third-order valence-electron chi connectivity index (χ3n) is 2.82. The zero-order valence-electron chi connectivity index (χ0n) is 9.72. The first-order chi connectivity index (χ1) is 7.78. The maximum atomic E-state index is 9.54. The average Bonchev–Trinajstić information content (AvgIpc) is 2.66. The lowest BCUT2D eigenvalue weighted by molar-refractivity contribution is 0.0613. The largest absolute Gasteiger partial charge is 0.392 e. The van der Waals surface area contributed by atoms with E-state index in [2.05, 4.69) is 22.0 Å². The first-order valence-electron chi connectivity index (χ1n) is 6.00. The van der Waals surface area contributed by atoms with Gasteiger partial charge in [-0.1, -0.05) is 12.1 Å². The van der Waals surface area contributed by atoms with Crippen molar-refractivity contribution in [2.75, 3.05) is 13.1 Å². The van der Waals surface area contributed by atoms with Crippen molar-refractivity contribution in [1.82, 2.24) is 15.0 Å². The first kappa shape index (κ1) is 11.5. The van der Waals surface area contributed by atoms with Crippen molar-refractivity contribution in [1.29, 1.82) is 0 Å². The van der Waals surface area contributed by atoms with Gasteiger partial charge in [-0.15, -0.1) is 0 Å². The SMILES string of the molecule is CCCc1noc(CN2CCC[C@@H](O)C2)n1. The summed E-state index contributed by atoms with van der Waals surface area (Å²) in [4.78, 5) is 6.48. The Morgan fingerprint density at radius 2 is 2.44 bits per heavy atom. The maximum absolute atomic E-state index is 9.54. The van der Waals surface area contributed by atoms with Gasteiger partial charge >= 0.3 is 0 Å². The third-order valence-corrected chi connectivity index (χ3v) is 2.82. The summed E-state index contributed by atoms with van der Waals surface area (Å²) in [5, 5.41) is 13.5. The van der Waals surface area contributed by atoms with E-state index in [1.54, 1.807) is 0 Å². The fourth-order valence-corrected chi connectivity index (χ4v) is 2.05. The van der Waals surface area contributed by atoms with Crippen LogP contribution in [0.25, 0.3) is 0 Å². The van der Waals surface area contributed by atoms with E-state index in [0.29, 0.717) is 19.0 Å². The van der Waals surface area contributed by atoms with Crippen LogP contribution in [0.4, 0.5) is 0 Å². The van der Waals surface area contributed by atoms with Crippen molar-refractivity contribution in [3.05, 3.63) is 11.7 Å². The Kier molecular flexibility index (Phi) is 3.90. The number of nitrogens with zero attached hydrogens (tertiary/aromatic N) is 3. The van der Waals surface area contributed by atoms with Crippen LogP contribution in [-0.4, -0.2) is 39.3 Å². The van der Waals surface area contributed by atoms with Crippen molar-refractivity contribution in [3.63, 3.8) is 0 Å². The molecule has 0 saturated carbocycles. The quantitative estimate of drug-likeness (QED) is 0.827. The number of likely N-dealkylation sites (tertiary alicyclic amines) is 1. The molecule has 1 saturated heterocycles. The molecule has 1 atom stereocenters. The molecule has 5 heteroatoms. The van der Waals surface area contributed by atoms with Gasteiger partial charge in [0.1, 0.15) is 0 Å². The molecule has 0 radical (unpaired) electrons. The van der Waals surface area contributed by atoms with Crippen molar-refractivity contribution < 1.29 is 9.63 Å². The smallest absolute Gasteiger partial charge is 0.240 e. The van der Waals surface area contributed by atoms with Crippen LogP contribution in [0.2, 0.25) is 0 Å². The molecular weight excluding hydrogens is 206 g/mol. The molecule has 2 rings (SSSR count). The van der Waals surface area contributed by atoms with Crippen molar-refractivity contribution in [2.45, 2.75) is 45.3 Å². The molecule has 0 aromatic carbocycles. The number of aromatic nitrogens is 2. The molecular formula is C11H19N3O2. The summed E-state index contributed by atoms with van der Waals surface area (Å²) in [6, 6.07) is 0. The van der Waals surface area contributed by atoms with Gasteiger partial charge in [-0.25, -0.2) is 0 Å². The highest BCUT2D eigenvalue weighted by Gasteiger charge is 2.19. The summed E-state index contributed by atoms with van der Waals surface area (Å²) in [6.07, 6.45) is 3.64. The molecule has 1 N–H and O–H groups in total. The predicted molar refractivity (Wildman–Crippen MR) is 58.8 cm³/mol. The van der Waals surface area contributed by atoms with E-state index in [9.17, 15) is 5.11 Å². The molecule has 1 aromatic rings. The Morgan fingerprint density at radius 3 is 3.19 bits per heavy atom. The summed E-state index contributed by atoms with van der Waals surface area (Å²) in [6.45, 7) is 4.47. The number of aliphatic hydroxyl groups excluding tert-OH is 1. The van der Waals surface area contributed by atoms with Crippen LogP contribution >= 0.6 is 0 Å². The van der Waals surface area contributed by atoms with Crippen LogP contribution in [0.1, 0.15) is 37.9 Å². The summed E-state index contributed by atoms with van der Waals surface area (Å²) in [7, 11) is 0. The highest BCUT2D eigenvalue weighted by atomic mass is 16.5. The topological polar surface area (TPSA) is 62.4 Å². The number of aliphatic hydroxyl groups is 1. The molecule has 0 unspecified atom stereocenters. The Hall–Kier alpha value is -0.940. The summed E-state index contributed by atoms with van der Waals surface area (Å²) < 4.78 is 5.17. The highest BCUT2D eigenvalue weighted by Crippen LogP contribution is 2.12. The van der Waals surface area contributed by atoms with E-state index < -0.39 is 0 Å². The van der Waals surface area contributed by atoms with Crippen LogP contribution in [0.15, 0.2) is 4.52 Å². The molecule has 1 fully saturated rings. The molecule has 16 heavy (non-hydrogen) atoms. The standard InChI is InChI=1S/C11H19N3O2/c1-2-4-10-12-11(16-13-10)8-14-6-3-5-9(15)7-14/h9,15H,2-8H2,1H3/t9-/m1/s1. The third kappa shape index (κ3) is 3.02. The molecule has 2 heterocycles. The van der Waals surface area contributed by atoms with Gasteiger partial charge in [-0.3, -0.25) is 4.90 Å². The fraction of sp³-hybridized carbons (Fsp3) is 0.818. The van der Waals surface area contributed by atoms with Crippen LogP contribution in [0.3, 0.4) is 0 Å². The number of hydrogen-bond donors (Lipinski definition) is 1. The minimum Gasteiger partial charge on any atom is -0.392 e. The molecule has 5 nitrogen and oxygen atoms in total. The molecule has 1 aliphatic heterocycles. The Labute approximate surface area is 95.4 Å². The number of β-amino-alcohol motifs (C(OH)–C–C–N with tert-alkyl or cyclic N) is 1. The van der Waals surface area contributed by atoms with E-state index in [1.807, 2.05) is 0 Å².